The van der Waals surface area contributed by atoms with Crippen molar-refractivity contribution in [2.75, 3.05) is 19.8 Å². The van der Waals surface area contributed by atoms with Gasteiger partial charge in [0.2, 0.25) is 11.8 Å². The zero-order valence-electron chi connectivity index (χ0n) is 10.4. The van der Waals surface area contributed by atoms with E-state index >= 15 is 0 Å². The molecule has 96 valence electrons. The average Bonchev–Trinajstić information content (AvgIpc) is 2.73. The zero-order valence-corrected chi connectivity index (χ0v) is 10.4. The molecule has 2 amide bonds. The number of hydrogen-bond donors (Lipinski definition) is 1. The van der Waals surface area contributed by atoms with Gasteiger partial charge in [-0.25, -0.2) is 0 Å². The van der Waals surface area contributed by atoms with E-state index in [4.69, 9.17) is 4.74 Å². The first kappa shape index (κ1) is 12.4. The van der Waals surface area contributed by atoms with Crippen LogP contribution in [0.1, 0.15) is 26.7 Å². The first-order chi connectivity index (χ1) is 8.08. The average molecular weight is 240 g/mol. The van der Waals surface area contributed by atoms with E-state index in [1.807, 2.05) is 11.8 Å². The van der Waals surface area contributed by atoms with Crippen molar-refractivity contribution in [3.05, 3.63) is 0 Å². The second kappa shape index (κ2) is 5.04. The lowest BCUT2D eigenvalue weighted by atomic mass is 10.1. The van der Waals surface area contributed by atoms with Gasteiger partial charge < -0.3 is 15.0 Å². The lowest BCUT2D eigenvalue weighted by Crippen LogP contribution is -2.46. The van der Waals surface area contributed by atoms with Gasteiger partial charge in [-0.15, -0.1) is 0 Å². The van der Waals surface area contributed by atoms with E-state index in [-0.39, 0.29) is 17.9 Å². The van der Waals surface area contributed by atoms with Gasteiger partial charge in [0.1, 0.15) is 6.04 Å². The van der Waals surface area contributed by atoms with Gasteiger partial charge in [0.15, 0.2) is 0 Å². The molecule has 0 spiro atoms. The third kappa shape index (κ3) is 2.77. The quantitative estimate of drug-likeness (QED) is 0.747. The smallest absolute Gasteiger partial charge is 0.245 e. The van der Waals surface area contributed by atoms with E-state index in [0.717, 1.165) is 19.6 Å². The van der Waals surface area contributed by atoms with Crippen molar-refractivity contribution in [3.63, 3.8) is 0 Å². The molecular formula is C12H20N2O3. The van der Waals surface area contributed by atoms with Crippen LogP contribution in [-0.2, 0) is 14.3 Å². The summed E-state index contributed by atoms with van der Waals surface area (Å²) in [7, 11) is 0. The molecule has 3 unspecified atom stereocenters. The van der Waals surface area contributed by atoms with Crippen molar-refractivity contribution < 1.29 is 14.3 Å². The molecule has 2 aliphatic heterocycles. The van der Waals surface area contributed by atoms with Gasteiger partial charge in [-0.1, -0.05) is 0 Å². The third-order valence-corrected chi connectivity index (χ3v) is 3.52. The van der Waals surface area contributed by atoms with Gasteiger partial charge >= 0.3 is 0 Å². The number of nitrogens with zero attached hydrogens (tertiary/aromatic N) is 1. The number of carbonyl (C=O) groups excluding carboxylic acids is 2. The Kier molecular flexibility index (Phi) is 3.66. The molecule has 0 aromatic rings. The van der Waals surface area contributed by atoms with Crippen molar-refractivity contribution >= 4 is 11.8 Å². The molecule has 5 heteroatoms. The van der Waals surface area contributed by atoms with Crippen LogP contribution in [0.3, 0.4) is 0 Å². The molecule has 0 bridgehead atoms. The standard InChI is InChI=1S/C12H20N2O3/c1-8-5-11(15)13-9(2)12(16)14(8)6-10-3-4-17-7-10/h8-10H,3-7H2,1-2H3,(H,13,15). The Hall–Kier alpha value is -1.10. The molecule has 1 N–H and O–H groups in total. The van der Waals surface area contributed by atoms with Crippen LogP contribution < -0.4 is 5.32 Å². The molecule has 0 aliphatic carbocycles. The lowest BCUT2D eigenvalue weighted by Gasteiger charge is -2.29. The summed E-state index contributed by atoms with van der Waals surface area (Å²) < 4.78 is 5.33. The van der Waals surface area contributed by atoms with Crippen LogP contribution in [-0.4, -0.2) is 48.6 Å². The minimum Gasteiger partial charge on any atom is -0.381 e. The summed E-state index contributed by atoms with van der Waals surface area (Å²) in [6.07, 6.45) is 1.40. The Bertz CT molecular complexity index is 313. The third-order valence-electron chi connectivity index (χ3n) is 3.52. The summed E-state index contributed by atoms with van der Waals surface area (Å²) >= 11 is 0. The Balaban J connectivity index is 2.05. The van der Waals surface area contributed by atoms with Crippen LogP contribution in [0.2, 0.25) is 0 Å². The number of nitrogens with one attached hydrogen (secondary N) is 1. The molecule has 2 fully saturated rings. The van der Waals surface area contributed by atoms with E-state index in [2.05, 4.69) is 5.32 Å². The Morgan fingerprint density at radius 1 is 1.41 bits per heavy atom. The summed E-state index contributed by atoms with van der Waals surface area (Å²) in [5, 5.41) is 2.72. The first-order valence-electron chi connectivity index (χ1n) is 6.25. The number of amides is 2. The van der Waals surface area contributed by atoms with E-state index < -0.39 is 6.04 Å². The second-order valence-electron chi connectivity index (χ2n) is 5.06. The molecule has 2 aliphatic rings. The van der Waals surface area contributed by atoms with E-state index in [0.29, 0.717) is 18.9 Å². The van der Waals surface area contributed by atoms with Crippen LogP contribution >= 0.6 is 0 Å². The fourth-order valence-corrected chi connectivity index (χ4v) is 2.48. The molecule has 3 atom stereocenters. The van der Waals surface area contributed by atoms with Crippen LogP contribution in [0.4, 0.5) is 0 Å². The maximum Gasteiger partial charge on any atom is 0.245 e. The summed E-state index contributed by atoms with van der Waals surface area (Å²) in [5.74, 6) is 0.403. The Labute approximate surface area is 101 Å². The summed E-state index contributed by atoms with van der Waals surface area (Å²) in [5.41, 5.74) is 0. The van der Waals surface area contributed by atoms with E-state index in [1.54, 1.807) is 6.92 Å². The van der Waals surface area contributed by atoms with Gasteiger partial charge in [0, 0.05) is 31.5 Å². The van der Waals surface area contributed by atoms with Crippen molar-refractivity contribution in [3.8, 4) is 0 Å². The largest absolute Gasteiger partial charge is 0.381 e. The van der Waals surface area contributed by atoms with Gasteiger partial charge in [-0.05, 0) is 20.3 Å². The van der Waals surface area contributed by atoms with E-state index in [9.17, 15) is 9.59 Å². The molecule has 2 heterocycles. The summed E-state index contributed by atoms with van der Waals surface area (Å²) in [6.45, 7) is 5.90. The predicted molar refractivity (Wildman–Crippen MR) is 62.3 cm³/mol. The Morgan fingerprint density at radius 2 is 2.18 bits per heavy atom. The molecule has 5 nitrogen and oxygen atoms in total. The maximum atomic E-state index is 12.2. The molecular weight excluding hydrogens is 220 g/mol. The fourth-order valence-electron chi connectivity index (χ4n) is 2.48. The van der Waals surface area contributed by atoms with Crippen LogP contribution in [0.15, 0.2) is 0 Å². The second-order valence-corrected chi connectivity index (χ2v) is 5.06. The first-order valence-corrected chi connectivity index (χ1v) is 6.25. The number of ether oxygens (including phenoxy) is 1. The molecule has 17 heavy (non-hydrogen) atoms. The van der Waals surface area contributed by atoms with Gasteiger partial charge in [0.25, 0.3) is 0 Å². The molecule has 0 aromatic heterocycles. The zero-order chi connectivity index (χ0) is 12.4. The van der Waals surface area contributed by atoms with Gasteiger partial charge in [0.05, 0.1) is 6.61 Å². The highest BCUT2D eigenvalue weighted by molar-refractivity contribution is 5.90. The number of hydrogen-bond acceptors (Lipinski definition) is 3. The van der Waals surface area contributed by atoms with Crippen molar-refractivity contribution in [1.82, 2.24) is 10.2 Å². The highest BCUT2D eigenvalue weighted by Crippen LogP contribution is 2.18. The lowest BCUT2D eigenvalue weighted by molar-refractivity contribution is -0.135. The summed E-state index contributed by atoms with van der Waals surface area (Å²) in [6, 6.07) is -0.428. The molecule has 2 saturated heterocycles. The van der Waals surface area contributed by atoms with Crippen LogP contribution in [0, 0.1) is 5.92 Å². The minimum absolute atomic E-state index is 0.0203. The Morgan fingerprint density at radius 3 is 2.82 bits per heavy atom. The van der Waals surface area contributed by atoms with Gasteiger partial charge in [-0.3, -0.25) is 9.59 Å². The summed E-state index contributed by atoms with van der Waals surface area (Å²) in [4.78, 5) is 25.5. The van der Waals surface area contributed by atoms with Gasteiger partial charge in [-0.2, -0.15) is 0 Å². The number of rotatable bonds is 2. The highest BCUT2D eigenvalue weighted by atomic mass is 16.5. The van der Waals surface area contributed by atoms with Crippen LogP contribution in [0.25, 0.3) is 0 Å². The molecule has 0 radical (unpaired) electrons. The fraction of sp³-hybridized carbons (Fsp3) is 0.833. The SMILES string of the molecule is CC1NC(=O)CC(C)N(CC2CCOC2)C1=O. The topological polar surface area (TPSA) is 58.6 Å². The van der Waals surface area contributed by atoms with Crippen molar-refractivity contribution in [2.45, 2.75) is 38.8 Å². The van der Waals surface area contributed by atoms with E-state index in [1.165, 1.54) is 0 Å². The normalized spacial score (nSPS) is 34.7. The maximum absolute atomic E-state index is 12.2. The number of carbonyl (C=O) groups is 2. The minimum atomic E-state index is -0.408. The van der Waals surface area contributed by atoms with Crippen molar-refractivity contribution in [2.24, 2.45) is 5.92 Å². The molecule has 0 aromatic carbocycles. The molecule has 0 saturated carbocycles. The van der Waals surface area contributed by atoms with Crippen molar-refractivity contribution in [1.29, 1.82) is 0 Å². The molecule has 2 rings (SSSR count). The predicted octanol–water partition coefficient (Wildman–Crippen LogP) is 0.148. The van der Waals surface area contributed by atoms with Crippen LogP contribution in [0.5, 0.6) is 0 Å². The highest BCUT2D eigenvalue weighted by Gasteiger charge is 2.33. The monoisotopic (exact) mass is 240 g/mol.